The van der Waals surface area contributed by atoms with Crippen LogP contribution in [-0.4, -0.2) is 14.8 Å². The Hall–Kier alpha value is -1.13. The van der Waals surface area contributed by atoms with Gasteiger partial charge in [0.05, 0.1) is 11.9 Å². The van der Waals surface area contributed by atoms with Gasteiger partial charge in [0, 0.05) is 12.6 Å². The number of nitrogens with zero attached hydrogens (tertiary/aromatic N) is 3. The van der Waals surface area contributed by atoms with Crippen LogP contribution in [0.1, 0.15) is 5.56 Å². The maximum Gasteiger partial charge on any atom is 0.169 e. The van der Waals surface area contributed by atoms with Crippen molar-refractivity contribution >= 4 is 23.2 Å². The third-order valence-corrected chi connectivity index (χ3v) is 2.71. The predicted octanol–water partition coefficient (Wildman–Crippen LogP) is 3.24. The first kappa shape index (κ1) is 11.4. The highest BCUT2D eigenvalue weighted by atomic mass is 35.5. The highest BCUT2D eigenvalue weighted by Crippen LogP contribution is 2.30. The first-order chi connectivity index (χ1) is 7.50. The molecule has 0 aliphatic heterocycles. The van der Waals surface area contributed by atoms with E-state index in [2.05, 4.69) is 10.1 Å². The van der Waals surface area contributed by atoms with E-state index in [1.165, 1.54) is 6.07 Å². The van der Waals surface area contributed by atoms with Crippen molar-refractivity contribution < 1.29 is 4.39 Å². The fourth-order valence-electron chi connectivity index (χ4n) is 1.58. The topological polar surface area (TPSA) is 30.7 Å². The Kier molecular flexibility index (Phi) is 2.86. The summed E-state index contributed by atoms with van der Waals surface area (Å²) in [6.07, 6.45) is 1.65. The van der Waals surface area contributed by atoms with Crippen molar-refractivity contribution in [3.05, 3.63) is 34.0 Å². The van der Waals surface area contributed by atoms with Crippen LogP contribution >= 0.6 is 23.2 Å². The lowest BCUT2D eigenvalue weighted by atomic mass is 10.1. The van der Waals surface area contributed by atoms with Gasteiger partial charge in [0.2, 0.25) is 0 Å². The fourth-order valence-corrected chi connectivity index (χ4v) is 2.00. The minimum atomic E-state index is -0.585. The highest BCUT2D eigenvalue weighted by Gasteiger charge is 2.16. The molecule has 2 rings (SSSR count). The quantitative estimate of drug-likeness (QED) is 0.737. The van der Waals surface area contributed by atoms with Crippen molar-refractivity contribution in [2.75, 3.05) is 0 Å². The fraction of sp³-hybridized carbons (Fsp3) is 0.200. The monoisotopic (exact) mass is 259 g/mol. The van der Waals surface area contributed by atoms with E-state index in [0.29, 0.717) is 11.3 Å². The molecule has 0 unspecified atom stereocenters. The molecular weight excluding hydrogens is 252 g/mol. The average Bonchev–Trinajstić information content (AvgIpc) is 2.53. The van der Waals surface area contributed by atoms with Crippen LogP contribution in [0, 0.1) is 12.7 Å². The van der Waals surface area contributed by atoms with Gasteiger partial charge in [-0.2, -0.15) is 5.10 Å². The number of hydrogen-bond donors (Lipinski definition) is 0. The largest absolute Gasteiger partial charge is 0.268 e. The van der Waals surface area contributed by atoms with Gasteiger partial charge in [-0.05, 0) is 18.6 Å². The van der Waals surface area contributed by atoms with Crippen molar-refractivity contribution in [3.8, 4) is 11.3 Å². The minimum absolute atomic E-state index is 0.155. The van der Waals surface area contributed by atoms with E-state index in [0.717, 1.165) is 5.56 Å². The first-order valence-electron chi connectivity index (χ1n) is 4.51. The average molecular weight is 260 g/mol. The summed E-state index contributed by atoms with van der Waals surface area (Å²) >= 11 is 11.4. The molecule has 6 heteroatoms. The van der Waals surface area contributed by atoms with E-state index in [-0.39, 0.29) is 10.3 Å². The highest BCUT2D eigenvalue weighted by molar-refractivity contribution is 6.33. The molecule has 0 fully saturated rings. The van der Waals surface area contributed by atoms with Gasteiger partial charge in [-0.25, -0.2) is 9.37 Å². The second kappa shape index (κ2) is 4.03. The Morgan fingerprint density at radius 2 is 2.06 bits per heavy atom. The Bertz CT molecular complexity index is 532. The molecule has 2 aromatic heterocycles. The molecule has 3 nitrogen and oxygen atoms in total. The maximum absolute atomic E-state index is 13.8. The summed E-state index contributed by atoms with van der Waals surface area (Å²) in [4.78, 5) is 3.63. The van der Waals surface area contributed by atoms with Crippen molar-refractivity contribution in [3.63, 3.8) is 0 Å². The van der Waals surface area contributed by atoms with Crippen LogP contribution in [-0.2, 0) is 7.05 Å². The first-order valence-corrected chi connectivity index (χ1v) is 5.27. The minimum Gasteiger partial charge on any atom is -0.268 e. The Morgan fingerprint density at radius 3 is 2.62 bits per heavy atom. The van der Waals surface area contributed by atoms with E-state index in [1.54, 1.807) is 17.9 Å². The molecular formula is C10H8Cl2FN3. The number of hydrogen-bond acceptors (Lipinski definition) is 2. The lowest BCUT2D eigenvalue weighted by molar-refractivity contribution is 0.622. The lowest BCUT2D eigenvalue weighted by Gasteiger charge is -2.07. The van der Waals surface area contributed by atoms with Crippen molar-refractivity contribution in [1.29, 1.82) is 0 Å². The summed E-state index contributed by atoms with van der Waals surface area (Å²) in [5, 5.41) is 3.96. The molecule has 0 aromatic carbocycles. The van der Waals surface area contributed by atoms with Crippen LogP contribution in [0.3, 0.4) is 0 Å². The van der Waals surface area contributed by atoms with Crippen LogP contribution in [0.2, 0.25) is 10.3 Å². The van der Waals surface area contributed by atoms with E-state index in [9.17, 15) is 4.39 Å². The third kappa shape index (κ3) is 1.79. The van der Waals surface area contributed by atoms with Crippen molar-refractivity contribution in [2.24, 2.45) is 7.05 Å². The van der Waals surface area contributed by atoms with E-state index in [1.807, 2.05) is 6.92 Å². The summed E-state index contributed by atoms with van der Waals surface area (Å²) in [5.41, 5.74) is 1.80. The molecule has 0 amide bonds. The number of halogens is 3. The van der Waals surface area contributed by atoms with Crippen LogP contribution in [0.5, 0.6) is 0 Å². The van der Waals surface area contributed by atoms with Crippen LogP contribution < -0.4 is 0 Å². The summed E-state index contributed by atoms with van der Waals surface area (Å²) in [6.45, 7) is 1.84. The maximum atomic E-state index is 13.8. The van der Waals surface area contributed by atoms with E-state index in [4.69, 9.17) is 23.2 Å². The smallest absolute Gasteiger partial charge is 0.169 e. The lowest BCUT2D eigenvalue weighted by Crippen LogP contribution is -1.98. The molecule has 0 spiro atoms. The standard InChI is InChI=1S/C10H8Cl2FN3/c1-5-4-14-16(2)9(5)6-3-7(11)15-10(12)8(6)13/h3-4H,1-2H3. The Balaban J connectivity index is 2.74. The summed E-state index contributed by atoms with van der Waals surface area (Å²) in [6, 6.07) is 1.44. The van der Waals surface area contributed by atoms with Gasteiger partial charge in [0.15, 0.2) is 11.0 Å². The molecule has 2 aromatic rings. The van der Waals surface area contributed by atoms with Gasteiger partial charge in [-0.3, -0.25) is 4.68 Å². The van der Waals surface area contributed by atoms with Gasteiger partial charge in [-0.1, -0.05) is 23.2 Å². The molecule has 0 atom stereocenters. The van der Waals surface area contributed by atoms with Crippen molar-refractivity contribution in [2.45, 2.75) is 6.92 Å². The molecule has 2 heterocycles. The zero-order valence-electron chi connectivity index (χ0n) is 8.63. The number of aromatic nitrogens is 3. The molecule has 16 heavy (non-hydrogen) atoms. The number of pyridine rings is 1. The predicted molar refractivity (Wildman–Crippen MR) is 61.2 cm³/mol. The van der Waals surface area contributed by atoms with Crippen LogP contribution in [0.15, 0.2) is 12.3 Å². The van der Waals surface area contributed by atoms with Crippen LogP contribution in [0.4, 0.5) is 4.39 Å². The molecule has 0 radical (unpaired) electrons. The second-order valence-corrected chi connectivity index (χ2v) is 4.14. The van der Waals surface area contributed by atoms with Gasteiger partial charge in [0.1, 0.15) is 5.15 Å². The summed E-state index contributed by atoms with van der Waals surface area (Å²) in [5.74, 6) is -0.585. The van der Waals surface area contributed by atoms with E-state index >= 15 is 0 Å². The molecule has 0 N–H and O–H groups in total. The zero-order valence-corrected chi connectivity index (χ0v) is 10.1. The number of rotatable bonds is 1. The molecule has 0 saturated carbocycles. The Labute approximate surface area is 102 Å². The van der Waals surface area contributed by atoms with Crippen molar-refractivity contribution in [1.82, 2.24) is 14.8 Å². The molecule has 0 aliphatic carbocycles. The zero-order chi connectivity index (χ0) is 11.9. The van der Waals surface area contributed by atoms with E-state index < -0.39 is 5.82 Å². The molecule has 0 aliphatic rings. The van der Waals surface area contributed by atoms with Gasteiger partial charge >= 0.3 is 0 Å². The molecule has 84 valence electrons. The molecule has 0 saturated heterocycles. The molecule has 0 bridgehead atoms. The van der Waals surface area contributed by atoms with Gasteiger partial charge in [-0.15, -0.1) is 0 Å². The second-order valence-electron chi connectivity index (χ2n) is 3.40. The van der Waals surface area contributed by atoms with Crippen LogP contribution in [0.25, 0.3) is 11.3 Å². The summed E-state index contributed by atoms with van der Waals surface area (Å²) < 4.78 is 15.4. The van der Waals surface area contributed by atoms with Gasteiger partial charge in [0.25, 0.3) is 0 Å². The third-order valence-electron chi connectivity index (χ3n) is 2.26. The normalized spacial score (nSPS) is 10.8. The number of aryl methyl sites for hydroxylation is 2. The Morgan fingerprint density at radius 1 is 1.38 bits per heavy atom. The van der Waals surface area contributed by atoms with Gasteiger partial charge < -0.3 is 0 Å². The summed E-state index contributed by atoms with van der Waals surface area (Å²) in [7, 11) is 1.73. The SMILES string of the molecule is Cc1cnn(C)c1-c1cc(Cl)nc(Cl)c1F.